The molecular weight excluding hydrogens is 277 g/mol. The fourth-order valence-corrected chi connectivity index (χ4v) is 1.87. The molecule has 0 bridgehead atoms. The van der Waals surface area contributed by atoms with E-state index in [-0.39, 0.29) is 36.0 Å². The Morgan fingerprint density at radius 3 is 2.10 bits per heavy atom. The zero-order chi connectivity index (χ0) is 14.4. The second kappa shape index (κ2) is 8.62. The van der Waals surface area contributed by atoms with E-state index < -0.39 is 17.9 Å². The summed E-state index contributed by atoms with van der Waals surface area (Å²) >= 11 is 0. The monoisotopic (exact) mass is 291 g/mol. The summed E-state index contributed by atoms with van der Waals surface area (Å²) in [6, 6.07) is 16.5. The number of hydrogen-bond donors (Lipinski definition) is 1. The molecule has 0 aliphatic rings. The summed E-state index contributed by atoms with van der Waals surface area (Å²) in [4.78, 5) is 15.0. The van der Waals surface area contributed by atoms with E-state index in [0.29, 0.717) is 5.56 Å². The topological polar surface area (TPSA) is 72.7 Å². The van der Waals surface area contributed by atoms with Crippen molar-refractivity contribution < 1.29 is 44.6 Å². The Morgan fingerprint density at radius 2 is 1.57 bits per heavy atom. The van der Waals surface area contributed by atoms with E-state index in [4.69, 9.17) is 0 Å². The van der Waals surface area contributed by atoms with Crippen LogP contribution in [0.15, 0.2) is 65.7 Å². The maximum atomic E-state index is 11.9. The predicted molar refractivity (Wildman–Crippen MR) is 74.4 cm³/mol. The number of carbonyl (C=O) groups is 1. The molecule has 1 N–H and O–H groups in total. The van der Waals surface area contributed by atoms with Crippen LogP contribution < -0.4 is 34.7 Å². The Morgan fingerprint density at radius 1 is 1.05 bits per heavy atom. The van der Waals surface area contributed by atoms with Gasteiger partial charge in [-0.2, -0.15) is 0 Å². The van der Waals surface area contributed by atoms with Gasteiger partial charge in [0.1, 0.15) is 0 Å². The summed E-state index contributed by atoms with van der Waals surface area (Å²) in [5, 5.41) is 21.1. The standard InChI is InChI=1S/C16H15NO3.Na/c18-14(11-12-7-3-1-4-8-12)17-15(16(19)20)13-9-5-2-6-10-13;/h1-10,15H,11H2,(H,17,18)(H,19,20);/q;+1/p-1/t15-;/m0./s1. The number of nitrogens with zero attached hydrogens (tertiary/aromatic N) is 1. The Balaban J connectivity index is 0.00000220. The second-order valence-electron chi connectivity index (χ2n) is 4.34. The van der Waals surface area contributed by atoms with Gasteiger partial charge in [0, 0.05) is 6.42 Å². The van der Waals surface area contributed by atoms with Crippen LogP contribution in [0.2, 0.25) is 0 Å². The number of hydrogen-bond acceptors (Lipinski definition) is 3. The summed E-state index contributed by atoms with van der Waals surface area (Å²) in [5.74, 6) is -1.56. The Kier molecular flexibility index (Phi) is 7.15. The number of rotatable bonds is 5. The molecule has 0 heterocycles. The number of carboxylic acid groups (broad SMARTS) is 1. The Hall–Kier alpha value is -1.62. The van der Waals surface area contributed by atoms with Crippen molar-refractivity contribution in [1.29, 1.82) is 0 Å². The van der Waals surface area contributed by atoms with Crippen LogP contribution in [0.25, 0.3) is 0 Å². The third kappa shape index (κ3) is 5.34. The number of carboxylic acids is 1. The third-order valence-corrected chi connectivity index (χ3v) is 2.82. The van der Waals surface area contributed by atoms with E-state index in [9.17, 15) is 15.0 Å². The van der Waals surface area contributed by atoms with Gasteiger partial charge in [-0.25, -0.2) is 4.79 Å². The molecule has 4 nitrogen and oxygen atoms in total. The molecule has 0 unspecified atom stereocenters. The molecule has 0 saturated carbocycles. The summed E-state index contributed by atoms with van der Waals surface area (Å²) in [5.41, 5.74) is 1.32. The predicted octanol–water partition coefficient (Wildman–Crippen LogP) is -1.18. The molecule has 0 saturated heterocycles. The maximum Gasteiger partial charge on any atom is 1.00 e. The van der Waals surface area contributed by atoms with Gasteiger partial charge in [-0.1, -0.05) is 60.7 Å². The van der Waals surface area contributed by atoms with Gasteiger partial charge in [-0.05, 0) is 17.0 Å². The quantitative estimate of drug-likeness (QED) is 0.428. The number of aliphatic imine (C=N–C) groups is 1. The first-order valence-electron chi connectivity index (χ1n) is 6.22. The molecule has 0 radical (unpaired) electrons. The molecular formula is C16H14NNaO3. The van der Waals surface area contributed by atoms with Crippen molar-refractivity contribution in [1.82, 2.24) is 0 Å². The van der Waals surface area contributed by atoms with E-state index in [2.05, 4.69) is 4.99 Å². The van der Waals surface area contributed by atoms with Gasteiger partial charge in [0.2, 0.25) is 0 Å². The van der Waals surface area contributed by atoms with E-state index in [0.717, 1.165) is 5.56 Å². The van der Waals surface area contributed by atoms with Crippen LogP contribution >= 0.6 is 0 Å². The number of aliphatic carboxylic acids is 1. The second-order valence-corrected chi connectivity index (χ2v) is 4.34. The van der Waals surface area contributed by atoms with Crippen LogP contribution in [0.5, 0.6) is 0 Å². The molecule has 0 spiro atoms. The minimum atomic E-state index is -1.15. The van der Waals surface area contributed by atoms with Crippen LogP contribution in [-0.2, 0) is 11.2 Å². The summed E-state index contributed by atoms with van der Waals surface area (Å²) in [7, 11) is 0. The molecule has 102 valence electrons. The van der Waals surface area contributed by atoms with E-state index in [1.165, 1.54) is 0 Å². The summed E-state index contributed by atoms with van der Waals surface area (Å²) < 4.78 is 0. The fourth-order valence-electron chi connectivity index (χ4n) is 1.87. The van der Waals surface area contributed by atoms with E-state index in [1.807, 2.05) is 30.3 Å². The van der Waals surface area contributed by atoms with Crippen molar-refractivity contribution in [2.75, 3.05) is 0 Å². The largest absolute Gasteiger partial charge is 1.00 e. The molecule has 21 heavy (non-hydrogen) atoms. The van der Waals surface area contributed by atoms with Gasteiger partial charge in [-0.3, -0.25) is 4.99 Å². The zero-order valence-electron chi connectivity index (χ0n) is 11.8. The molecule has 2 aromatic rings. The smallest absolute Gasteiger partial charge is 0.862 e. The van der Waals surface area contributed by atoms with Crippen molar-refractivity contribution >= 4 is 11.9 Å². The zero-order valence-corrected chi connectivity index (χ0v) is 13.8. The van der Waals surface area contributed by atoms with Gasteiger partial charge in [0.25, 0.3) is 0 Å². The van der Waals surface area contributed by atoms with Gasteiger partial charge < -0.3 is 10.2 Å². The molecule has 0 amide bonds. The Bertz CT molecular complexity index is 599. The van der Waals surface area contributed by atoms with E-state index in [1.54, 1.807) is 30.3 Å². The van der Waals surface area contributed by atoms with Crippen LogP contribution in [0.1, 0.15) is 17.2 Å². The van der Waals surface area contributed by atoms with Gasteiger partial charge >= 0.3 is 35.5 Å². The molecule has 0 fully saturated rings. The normalized spacial score (nSPS) is 12.3. The summed E-state index contributed by atoms with van der Waals surface area (Å²) in [6.07, 6.45) is 0.109. The molecule has 5 heteroatoms. The van der Waals surface area contributed by atoms with Gasteiger partial charge in [-0.15, -0.1) is 0 Å². The molecule has 2 rings (SSSR count). The van der Waals surface area contributed by atoms with Crippen LogP contribution in [0.3, 0.4) is 0 Å². The van der Waals surface area contributed by atoms with Crippen molar-refractivity contribution in [3.05, 3.63) is 71.8 Å². The first kappa shape index (κ1) is 17.4. The van der Waals surface area contributed by atoms with Crippen molar-refractivity contribution in [2.45, 2.75) is 12.5 Å². The van der Waals surface area contributed by atoms with Crippen LogP contribution in [0.4, 0.5) is 0 Å². The minimum absolute atomic E-state index is 0. The van der Waals surface area contributed by atoms with Crippen molar-refractivity contribution in [3.8, 4) is 0 Å². The molecule has 0 aliphatic heterocycles. The van der Waals surface area contributed by atoms with Crippen LogP contribution in [-0.4, -0.2) is 17.0 Å². The minimum Gasteiger partial charge on any atom is -0.862 e. The number of benzene rings is 2. The van der Waals surface area contributed by atoms with Gasteiger partial charge in [0.05, 0.1) is 0 Å². The first-order valence-corrected chi connectivity index (χ1v) is 6.22. The van der Waals surface area contributed by atoms with E-state index >= 15 is 0 Å². The average Bonchev–Trinajstić information content (AvgIpc) is 2.46. The molecule has 0 aromatic heterocycles. The molecule has 1 atom stereocenters. The molecule has 0 aliphatic carbocycles. The summed E-state index contributed by atoms with van der Waals surface area (Å²) in [6.45, 7) is 0. The van der Waals surface area contributed by atoms with Crippen molar-refractivity contribution in [3.63, 3.8) is 0 Å². The van der Waals surface area contributed by atoms with Crippen LogP contribution in [0, 0.1) is 0 Å². The Labute approximate surface area is 145 Å². The fraction of sp³-hybridized carbons (Fsp3) is 0.125. The first-order chi connectivity index (χ1) is 9.66. The average molecular weight is 291 g/mol. The third-order valence-electron chi connectivity index (χ3n) is 2.82. The van der Waals surface area contributed by atoms with Gasteiger partial charge in [0.15, 0.2) is 6.04 Å². The molecule has 2 aromatic carbocycles. The SMILES string of the molecule is O=C(O)[C@@H](N=C([O-])Cc1ccccc1)c1ccccc1.[Na+]. The maximum absolute atomic E-state index is 11.9. The van der Waals surface area contributed by atoms with Crippen molar-refractivity contribution in [2.24, 2.45) is 4.99 Å².